The van der Waals surface area contributed by atoms with Gasteiger partial charge in [-0.25, -0.2) is 9.78 Å². The van der Waals surface area contributed by atoms with Gasteiger partial charge in [0.1, 0.15) is 6.10 Å². The average molecular weight is 487 g/mol. The fraction of sp³-hybridized carbons (Fsp3) is 0.550. The van der Waals surface area contributed by atoms with Crippen molar-refractivity contribution >= 4 is 40.9 Å². The molecule has 0 N–H and O–H groups in total. The van der Waals surface area contributed by atoms with Crippen molar-refractivity contribution in [2.45, 2.75) is 25.6 Å². The van der Waals surface area contributed by atoms with Gasteiger partial charge in [-0.1, -0.05) is 16.8 Å². The number of carbonyl (C=O) groups is 3. The average Bonchev–Trinajstić information content (AvgIpc) is 3.47. The van der Waals surface area contributed by atoms with Crippen LogP contribution in [0, 0.1) is 29.6 Å². The maximum Gasteiger partial charge on any atom is 0.417 e. The van der Waals surface area contributed by atoms with E-state index in [-0.39, 0.29) is 35.0 Å². The van der Waals surface area contributed by atoms with Crippen LogP contribution in [0.2, 0.25) is 5.02 Å². The summed E-state index contributed by atoms with van der Waals surface area (Å²) in [5.74, 6) is -4.32. The summed E-state index contributed by atoms with van der Waals surface area (Å²) in [5, 5.41) is 5.46. The normalized spacial score (nSPS) is 31.9. The molecule has 2 amide bonds. The number of pyridine rings is 1. The first kappa shape index (κ1) is 21.9. The lowest BCUT2D eigenvalue weighted by molar-refractivity contribution is -0.142. The number of imide groups is 1. The van der Waals surface area contributed by atoms with Gasteiger partial charge in [0.05, 0.1) is 34.9 Å². The Labute approximate surface area is 190 Å². The second-order valence-corrected chi connectivity index (χ2v) is 8.85. The van der Waals surface area contributed by atoms with E-state index < -0.39 is 53.4 Å². The summed E-state index contributed by atoms with van der Waals surface area (Å²) in [4.78, 5) is 48.1. The van der Waals surface area contributed by atoms with E-state index >= 15 is 0 Å². The Bertz CT molecular complexity index is 1100. The zero-order chi connectivity index (χ0) is 23.8. The van der Waals surface area contributed by atoms with Crippen molar-refractivity contribution in [1.82, 2.24) is 9.99 Å². The van der Waals surface area contributed by atoms with E-state index in [0.717, 1.165) is 10.0 Å². The van der Waals surface area contributed by atoms with Crippen molar-refractivity contribution in [3.8, 4) is 0 Å². The lowest BCUT2D eigenvalue weighted by Crippen LogP contribution is -2.46. The fourth-order valence-corrected chi connectivity index (χ4v) is 5.98. The molecule has 1 aromatic heterocycles. The third-order valence-electron chi connectivity index (χ3n) is 6.91. The van der Waals surface area contributed by atoms with Crippen molar-refractivity contribution < 1.29 is 37.1 Å². The molecule has 2 saturated carbocycles. The number of carbonyl (C=O) groups excluding carboxylic acids is 3. The van der Waals surface area contributed by atoms with Crippen LogP contribution in [0.4, 0.5) is 19.0 Å². The van der Waals surface area contributed by atoms with Gasteiger partial charge < -0.3 is 9.57 Å². The maximum atomic E-state index is 13.3. The molecule has 6 atom stereocenters. The predicted octanol–water partition coefficient (Wildman–Crippen LogP) is 2.29. The number of oxime groups is 1. The Hall–Kier alpha value is -2.89. The van der Waals surface area contributed by atoms with Crippen LogP contribution in [0.1, 0.15) is 18.9 Å². The molecule has 9 nitrogen and oxygen atoms in total. The molecular weight excluding hydrogens is 469 g/mol. The molecule has 176 valence electrons. The summed E-state index contributed by atoms with van der Waals surface area (Å²) in [7, 11) is 1.34. The van der Waals surface area contributed by atoms with E-state index in [1.165, 1.54) is 7.05 Å². The molecule has 1 saturated heterocycles. The molecule has 2 aliphatic heterocycles. The van der Waals surface area contributed by atoms with E-state index in [2.05, 4.69) is 10.1 Å². The van der Waals surface area contributed by atoms with Crippen molar-refractivity contribution in [1.29, 1.82) is 0 Å². The molecular formula is C20H18ClF3N4O5. The van der Waals surface area contributed by atoms with E-state index in [1.807, 2.05) is 0 Å². The molecule has 2 bridgehead atoms. The van der Waals surface area contributed by atoms with Gasteiger partial charge in [0, 0.05) is 19.2 Å². The lowest BCUT2D eigenvalue weighted by atomic mass is 9.72. The number of hydrogen-bond donors (Lipinski definition) is 0. The second-order valence-electron chi connectivity index (χ2n) is 8.45. The summed E-state index contributed by atoms with van der Waals surface area (Å²) in [6, 6.07) is 0.691. The number of ether oxygens (including phenoxy) is 1. The number of halogens is 4. The van der Waals surface area contributed by atoms with Gasteiger partial charge >= 0.3 is 12.1 Å². The number of nitrogens with zero attached hydrogens (tertiary/aromatic N) is 4. The minimum absolute atomic E-state index is 0.118. The van der Waals surface area contributed by atoms with Crippen LogP contribution in [0.5, 0.6) is 0 Å². The van der Waals surface area contributed by atoms with Gasteiger partial charge in [-0.05, 0) is 25.3 Å². The summed E-state index contributed by atoms with van der Waals surface area (Å²) < 4.78 is 43.9. The molecule has 0 aromatic carbocycles. The van der Waals surface area contributed by atoms with Crippen LogP contribution in [0.3, 0.4) is 0 Å². The van der Waals surface area contributed by atoms with E-state index in [1.54, 1.807) is 6.92 Å². The monoisotopic (exact) mass is 486 g/mol. The standard InChI is InChI=1S/C20H18ClF3N4O5/c1-3-32-19(31)14-13-8-5-9(15(13)33-26-14)12-11(8)17(29)28(18(12)30)27(2)16-10(21)4-7(6-25-16)20(22,23)24/h4,6,8-9,11-13,15H,3,5H2,1-2H3. The quantitative estimate of drug-likeness (QED) is 0.475. The zero-order valence-corrected chi connectivity index (χ0v) is 18.1. The third-order valence-corrected chi connectivity index (χ3v) is 7.19. The van der Waals surface area contributed by atoms with Crippen LogP contribution in [-0.2, 0) is 30.1 Å². The molecule has 4 aliphatic rings. The highest BCUT2D eigenvalue weighted by molar-refractivity contribution is 6.38. The number of rotatable bonds is 4. The number of fused-ring (bicyclic) bond motifs is 8. The van der Waals surface area contributed by atoms with Crippen molar-refractivity contribution in [2.24, 2.45) is 34.7 Å². The van der Waals surface area contributed by atoms with Gasteiger partial charge in [0.15, 0.2) is 11.5 Å². The number of hydrogen-bond acceptors (Lipinski definition) is 8. The van der Waals surface area contributed by atoms with Gasteiger partial charge in [0.2, 0.25) is 0 Å². The number of alkyl halides is 3. The zero-order valence-electron chi connectivity index (χ0n) is 17.4. The Morgan fingerprint density at radius 3 is 2.55 bits per heavy atom. The van der Waals surface area contributed by atoms with Crippen LogP contribution in [0.25, 0.3) is 0 Å². The molecule has 0 radical (unpaired) electrons. The van der Waals surface area contributed by atoms with Gasteiger partial charge in [0.25, 0.3) is 11.8 Å². The van der Waals surface area contributed by atoms with Crippen molar-refractivity contribution in [3.63, 3.8) is 0 Å². The van der Waals surface area contributed by atoms with Crippen LogP contribution in [-0.4, -0.2) is 53.2 Å². The topological polar surface area (TPSA) is 101 Å². The summed E-state index contributed by atoms with van der Waals surface area (Å²) >= 11 is 6.02. The van der Waals surface area contributed by atoms with E-state index in [0.29, 0.717) is 18.7 Å². The number of anilines is 1. The molecule has 3 heterocycles. The number of amides is 2. The predicted molar refractivity (Wildman–Crippen MR) is 106 cm³/mol. The highest BCUT2D eigenvalue weighted by Crippen LogP contribution is 2.61. The number of aromatic nitrogens is 1. The van der Waals surface area contributed by atoms with Crippen molar-refractivity contribution in [3.05, 3.63) is 22.8 Å². The Kier molecular flexibility index (Phi) is 4.86. The van der Waals surface area contributed by atoms with Crippen LogP contribution < -0.4 is 5.01 Å². The molecule has 1 aromatic rings. The van der Waals surface area contributed by atoms with Crippen molar-refractivity contribution in [2.75, 3.05) is 18.7 Å². The number of hydrazine groups is 1. The highest BCUT2D eigenvalue weighted by atomic mass is 35.5. The highest BCUT2D eigenvalue weighted by Gasteiger charge is 2.71. The Balaban J connectivity index is 1.42. The summed E-state index contributed by atoms with van der Waals surface area (Å²) in [5.41, 5.74) is -0.929. The van der Waals surface area contributed by atoms with E-state index in [9.17, 15) is 27.6 Å². The first-order chi connectivity index (χ1) is 15.6. The van der Waals surface area contributed by atoms with E-state index in [4.69, 9.17) is 21.2 Å². The van der Waals surface area contributed by atoms with Crippen LogP contribution in [0.15, 0.2) is 17.4 Å². The molecule has 33 heavy (non-hydrogen) atoms. The summed E-state index contributed by atoms with van der Waals surface area (Å²) in [6.07, 6.45) is -4.03. The number of esters is 1. The SMILES string of the molecule is CCOC(=O)C1=NOC2C3CC(C12)C1C(=O)N(N(C)c2ncc(C(F)(F)F)cc2Cl)C(=O)C31. The maximum absolute atomic E-state index is 13.3. The smallest absolute Gasteiger partial charge is 0.417 e. The minimum Gasteiger partial charge on any atom is -0.461 e. The van der Waals surface area contributed by atoms with Crippen LogP contribution >= 0.6 is 11.6 Å². The van der Waals surface area contributed by atoms with Gasteiger partial charge in [-0.15, -0.1) is 0 Å². The molecule has 6 unspecified atom stereocenters. The molecule has 5 rings (SSSR count). The largest absolute Gasteiger partial charge is 0.461 e. The van der Waals surface area contributed by atoms with Gasteiger partial charge in [-0.2, -0.15) is 18.2 Å². The first-order valence-corrected chi connectivity index (χ1v) is 10.7. The molecule has 13 heteroatoms. The minimum atomic E-state index is -4.64. The molecule has 3 fully saturated rings. The fourth-order valence-electron chi connectivity index (χ4n) is 5.70. The molecule has 2 aliphatic carbocycles. The first-order valence-electron chi connectivity index (χ1n) is 10.3. The third kappa shape index (κ3) is 3.02. The summed E-state index contributed by atoms with van der Waals surface area (Å²) in [6.45, 7) is 1.82. The Morgan fingerprint density at radius 1 is 1.27 bits per heavy atom. The molecule has 0 spiro atoms. The lowest BCUT2D eigenvalue weighted by Gasteiger charge is -2.29. The second kappa shape index (κ2) is 7.31. The van der Waals surface area contributed by atoms with Gasteiger partial charge in [-0.3, -0.25) is 14.6 Å². The Morgan fingerprint density at radius 2 is 1.94 bits per heavy atom.